The van der Waals surface area contributed by atoms with Crippen molar-refractivity contribution in [1.29, 1.82) is 0 Å². The maximum absolute atomic E-state index is 12.1. The lowest BCUT2D eigenvalue weighted by Crippen LogP contribution is -2.47. The molecular formula is C17H26ClN3O2. The van der Waals surface area contributed by atoms with Crippen molar-refractivity contribution in [3.8, 4) is 0 Å². The van der Waals surface area contributed by atoms with E-state index in [0.29, 0.717) is 5.02 Å². The average Bonchev–Trinajstić information content (AvgIpc) is 2.50. The average molecular weight is 340 g/mol. The molecule has 6 heteroatoms. The van der Waals surface area contributed by atoms with Crippen LogP contribution in [-0.4, -0.2) is 24.4 Å². The first kappa shape index (κ1) is 19.5. The summed E-state index contributed by atoms with van der Waals surface area (Å²) in [5.41, 5.74) is 6.61. The van der Waals surface area contributed by atoms with Crippen LogP contribution < -0.4 is 16.4 Å². The molecule has 0 fully saturated rings. The van der Waals surface area contributed by atoms with Gasteiger partial charge in [0.05, 0.1) is 18.6 Å². The van der Waals surface area contributed by atoms with Gasteiger partial charge in [-0.1, -0.05) is 57.5 Å². The van der Waals surface area contributed by atoms with E-state index < -0.39 is 6.04 Å². The minimum absolute atomic E-state index is 0.0181. The van der Waals surface area contributed by atoms with Crippen LogP contribution in [0, 0.1) is 11.8 Å². The van der Waals surface area contributed by atoms with Gasteiger partial charge in [-0.05, 0) is 23.5 Å². The van der Waals surface area contributed by atoms with Crippen LogP contribution in [0.4, 0.5) is 0 Å². The van der Waals surface area contributed by atoms with Gasteiger partial charge in [0.25, 0.3) is 0 Å². The lowest BCUT2D eigenvalue weighted by molar-refractivity contribution is -0.127. The Hall–Kier alpha value is -1.59. The van der Waals surface area contributed by atoms with Crippen molar-refractivity contribution in [2.75, 3.05) is 6.54 Å². The molecule has 128 valence electrons. The number of nitrogens with two attached hydrogens (primary N) is 1. The van der Waals surface area contributed by atoms with E-state index in [1.54, 1.807) is 6.07 Å². The number of nitrogens with one attached hydrogen (secondary N) is 2. The Labute approximate surface area is 143 Å². The topological polar surface area (TPSA) is 84.2 Å². The van der Waals surface area contributed by atoms with E-state index in [1.807, 2.05) is 45.9 Å². The molecule has 4 N–H and O–H groups in total. The molecule has 1 aromatic rings. The first-order valence-electron chi connectivity index (χ1n) is 7.81. The molecule has 0 heterocycles. The second-order valence-corrected chi connectivity index (χ2v) is 6.71. The highest BCUT2D eigenvalue weighted by Crippen LogP contribution is 2.27. The normalized spacial score (nSPS) is 13.7. The molecule has 0 saturated carbocycles. The van der Waals surface area contributed by atoms with Gasteiger partial charge in [-0.2, -0.15) is 0 Å². The summed E-state index contributed by atoms with van der Waals surface area (Å²) in [6.45, 7) is 7.61. The van der Waals surface area contributed by atoms with Crippen LogP contribution >= 0.6 is 11.6 Å². The fraction of sp³-hybridized carbons (Fsp3) is 0.529. The zero-order valence-corrected chi connectivity index (χ0v) is 14.9. The van der Waals surface area contributed by atoms with Crippen molar-refractivity contribution in [3.63, 3.8) is 0 Å². The number of rotatable bonds is 7. The highest BCUT2D eigenvalue weighted by molar-refractivity contribution is 6.31. The number of halogens is 1. The fourth-order valence-electron chi connectivity index (χ4n) is 2.14. The molecule has 1 rings (SSSR count). The Bertz CT molecular complexity index is 546. The Balaban J connectivity index is 2.66. The molecule has 1 unspecified atom stereocenters. The largest absolute Gasteiger partial charge is 0.347 e. The minimum Gasteiger partial charge on any atom is -0.347 e. The molecule has 0 aliphatic heterocycles. The smallest absolute Gasteiger partial charge is 0.239 e. The zero-order chi connectivity index (χ0) is 17.6. The van der Waals surface area contributed by atoms with Gasteiger partial charge in [0.2, 0.25) is 11.8 Å². The molecule has 23 heavy (non-hydrogen) atoms. The van der Waals surface area contributed by atoms with Gasteiger partial charge in [-0.3, -0.25) is 9.59 Å². The Kier molecular flexibility index (Phi) is 7.52. The highest BCUT2D eigenvalue weighted by atomic mass is 35.5. The van der Waals surface area contributed by atoms with Crippen LogP contribution in [0.25, 0.3) is 0 Å². The molecule has 0 radical (unpaired) electrons. The van der Waals surface area contributed by atoms with Crippen molar-refractivity contribution in [2.24, 2.45) is 17.6 Å². The fourth-order valence-corrected chi connectivity index (χ4v) is 2.40. The quantitative estimate of drug-likeness (QED) is 0.712. The molecule has 0 aliphatic rings. The minimum atomic E-state index is -0.618. The van der Waals surface area contributed by atoms with E-state index >= 15 is 0 Å². The molecule has 0 aliphatic carbocycles. The summed E-state index contributed by atoms with van der Waals surface area (Å²) in [7, 11) is 0. The number of amides is 2. The van der Waals surface area contributed by atoms with Crippen molar-refractivity contribution >= 4 is 23.4 Å². The van der Waals surface area contributed by atoms with Crippen molar-refractivity contribution in [3.05, 3.63) is 34.9 Å². The van der Waals surface area contributed by atoms with E-state index in [4.69, 9.17) is 17.3 Å². The van der Waals surface area contributed by atoms with Gasteiger partial charge in [0, 0.05) is 5.02 Å². The number of hydrogen-bond acceptors (Lipinski definition) is 3. The molecule has 1 aromatic carbocycles. The summed E-state index contributed by atoms with van der Waals surface area (Å²) in [5, 5.41) is 6.09. The molecule has 2 amide bonds. The van der Waals surface area contributed by atoms with Crippen LogP contribution in [0.2, 0.25) is 5.02 Å². The summed E-state index contributed by atoms with van der Waals surface area (Å²) < 4.78 is 0. The van der Waals surface area contributed by atoms with Crippen molar-refractivity contribution < 1.29 is 9.59 Å². The maximum atomic E-state index is 12.1. The standard InChI is InChI=1S/C17H26ClN3O2/c1-10(2)15(19)17(23)20-9-14(22)21-16(11(3)4)12-7-5-6-8-13(12)18/h5-8,10-11,15-16H,9,19H2,1-4H3,(H,20,23)(H,21,22)/t15-,16?/m0/s1. The Morgan fingerprint density at radius 3 is 2.26 bits per heavy atom. The van der Waals surface area contributed by atoms with Crippen LogP contribution in [0.1, 0.15) is 39.3 Å². The van der Waals surface area contributed by atoms with E-state index in [0.717, 1.165) is 5.56 Å². The third kappa shape index (κ3) is 5.84. The van der Waals surface area contributed by atoms with E-state index in [2.05, 4.69) is 10.6 Å². The number of carbonyl (C=O) groups is 2. The second-order valence-electron chi connectivity index (χ2n) is 6.30. The van der Waals surface area contributed by atoms with Gasteiger partial charge in [-0.25, -0.2) is 0 Å². The van der Waals surface area contributed by atoms with Gasteiger partial charge in [0.15, 0.2) is 0 Å². The van der Waals surface area contributed by atoms with Gasteiger partial charge in [0.1, 0.15) is 0 Å². The van der Waals surface area contributed by atoms with Crippen molar-refractivity contribution in [1.82, 2.24) is 10.6 Å². The monoisotopic (exact) mass is 339 g/mol. The molecule has 0 saturated heterocycles. The maximum Gasteiger partial charge on any atom is 0.239 e. The van der Waals surface area contributed by atoms with Crippen LogP contribution in [0.15, 0.2) is 24.3 Å². The SMILES string of the molecule is CC(C)C(NC(=O)CNC(=O)[C@@H](N)C(C)C)c1ccccc1Cl. The molecule has 0 bridgehead atoms. The van der Waals surface area contributed by atoms with E-state index in [1.165, 1.54) is 0 Å². The van der Waals surface area contributed by atoms with Crippen LogP contribution in [-0.2, 0) is 9.59 Å². The summed E-state index contributed by atoms with van der Waals surface area (Å²) in [6.07, 6.45) is 0. The molecule has 0 spiro atoms. The van der Waals surface area contributed by atoms with E-state index in [-0.39, 0.29) is 36.2 Å². The Morgan fingerprint density at radius 2 is 1.74 bits per heavy atom. The summed E-state index contributed by atoms with van der Waals surface area (Å²) >= 11 is 6.21. The lowest BCUT2D eigenvalue weighted by atomic mass is 9.96. The van der Waals surface area contributed by atoms with Gasteiger partial charge >= 0.3 is 0 Å². The lowest BCUT2D eigenvalue weighted by Gasteiger charge is -2.24. The highest BCUT2D eigenvalue weighted by Gasteiger charge is 2.22. The van der Waals surface area contributed by atoms with Crippen molar-refractivity contribution in [2.45, 2.75) is 39.8 Å². The zero-order valence-electron chi connectivity index (χ0n) is 14.1. The third-order valence-corrected chi connectivity index (χ3v) is 4.01. The molecule has 2 atom stereocenters. The number of hydrogen-bond donors (Lipinski definition) is 3. The molecule has 5 nitrogen and oxygen atoms in total. The van der Waals surface area contributed by atoms with Crippen LogP contribution in [0.3, 0.4) is 0 Å². The first-order valence-corrected chi connectivity index (χ1v) is 8.19. The van der Waals surface area contributed by atoms with Gasteiger partial charge < -0.3 is 16.4 Å². The second kappa shape index (κ2) is 8.89. The third-order valence-electron chi connectivity index (χ3n) is 3.67. The Morgan fingerprint density at radius 1 is 1.13 bits per heavy atom. The summed E-state index contributed by atoms with van der Waals surface area (Å²) in [5.74, 6) is -0.418. The molecule has 0 aromatic heterocycles. The predicted molar refractivity (Wildman–Crippen MR) is 93.0 cm³/mol. The summed E-state index contributed by atoms with van der Waals surface area (Å²) in [6, 6.07) is 6.58. The van der Waals surface area contributed by atoms with Gasteiger partial charge in [-0.15, -0.1) is 0 Å². The number of benzene rings is 1. The van der Waals surface area contributed by atoms with E-state index in [9.17, 15) is 9.59 Å². The molecular weight excluding hydrogens is 314 g/mol. The number of carbonyl (C=O) groups excluding carboxylic acids is 2. The van der Waals surface area contributed by atoms with Crippen LogP contribution in [0.5, 0.6) is 0 Å². The summed E-state index contributed by atoms with van der Waals surface area (Å²) in [4.78, 5) is 23.9. The first-order chi connectivity index (χ1) is 10.7. The predicted octanol–water partition coefficient (Wildman–Crippen LogP) is 2.25.